The van der Waals surface area contributed by atoms with Gasteiger partial charge >= 0.3 is 6.09 Å². The third kappa shape index (κ3) is 4.83. The van der Waals surface area contributed by atoms with E-state index in [4.69, 9.17) is 4.74 Å². The minimum atomic E-state index is -0.313. The van der Waals surface area contributed by atoms with E-state index < -0.39 is 0 Å². The largest absolute Gasteiger partial charge is 0.415 e. The quantitative estimate of drug-likeness (QED) is 0.639. The molecule has 156 valence electrons. The summed E-state index contributed by atoms with van der Waals surface area (Å²) in [4.78, 5) is 25.3. The third-order valence-electron chi connectivity index (χ3n) is 5.25. The number of imidazole rings is 1. The lowest BCUT2D eigenvalue weighted by Gasteiger charge is -2.33. The Labute approximate surface area is 181 Å². The number of pyridine rings is 1. The van der Waals surface area contributed by atoms with Gasteiger partial charge in [-0.2, -0.15) is 12.6 Å². The van der Waals surface area contributed by atoms with Crippen LogP contribution in [0.3, 0.4) is 0 Å². The van der Waals surface area contributed by atoms with Gasteiger partial charge in [-0.25, -0.2) is 9.78 Å². The number of benzene rings is 1. The molecular formula is C22H25N5O2S. The highest BCUT2D eigenvalue weighted by Gasteiger charge is 2.23. The third-order valence-corrected chi connectivity index (χ3v) is 5.78. The van der Waals surface area contributed by atoms with Gasteiger partial charge in [0.1, 0.15) is 11.6 Å². The maximum absolute atomic E-state index is 12.5. The Balaban J connectivity index is 1.28. The average Bonchev–Trinajstić information content (AvgIpc) is 3.21. The maximum Gasteiger partial charge on any atom is 0.415 e. The molecule has 30 heavy (non-hydrogen) atoms. The lowest BCUT2D eigenvalue weighted by Crippen LogP contribution is -2.49. The molecule has 1 aliphatic rings. The second kappa shape index (κ2) is 9.32. The molecule has 1 fully saturated rings. The Hall–Kier alpha value is -2.84. The molecule has 0 radical (unpaired) electrons. The van der Waals surface area contributed by atoms with E-state index in [1.165, 1.54) is 0 Å². The van der Waals surface area contributed by atoms with Crippen LogP contribution in [0.15, 0.2) is 61.1 Å². The summed E-state index contributed by atoms with van der Waals surface area (Å²) < 4.78 is 7.51. The van der Waals surface area contributed by atoms with E-state index in [9.17, 15) is 4.79 Å². The van der Waals surface area contributed by atoms with Gasteiger partial charge in [0.05, 0.1) is 10.9 Å². The Bertz CT molecular complexity index is 969. The molecule has 1 atom stereocenters. The minimum Gasteiger partial charge on any atom is -0.410 e. The molecule has 3 heterocycles. The van der Waals surface area contributed by atoms with Crippen molar-refractivity contribution in [2.45, 2.75) is 11.8 Å². The smallest absolute Gasteiger partial charge is 0.410 e. The zero-order valence-corrected chi connectivity index (χ0v) is 17.8. The van der Waals surface area contributed by atoms with Gasteiger partial charge in [0.2, 0.25) is 0 Å². The molecule has 7 nitrogen and oxygen atoms in total. The van der Waals surface area contributed by atoms with Crippen molar-refractivity contribution in [3.63, 3.8) is 0 Å². The SMILES string of the molecule is Cn1ccnc1C(S)c1ccc(OC(=O)N2CCN(Cc3ccccn3)CC2)cc1. The number of thiol groups is 1. The summed E-state index contributed by atoms with van der Waals surface area (Å²) in [5.74, 6) is 1.40. The minimum absolute atomic E-state index is 0.137. The summed E-state index contributed by atoms with van der Waals surface area (Å²) >= 11 is 4.67. The van der Waals surface area contributed by atoms with Crippen LogP contribution in [-0.4, -0.2) is 56.6 Å². The summed E-state index contributed by atoms with van der Waals surface area (Å²) in [7, 11) is 1.94. The van der Waals surface area contributed by atoms with Crippen molar-refractivity contribution >= 4 is 18.7 Å². The fourth-order valence-corrected chi connectivity index (χ4v) is 3.90. The first kappa shape index (κ1) is 20.4. The second-order valence-corrected chi connectivity index (χ2v) is 7.84. The molecule has 0 aliphatic carbocycles. The van der Waals surface area contributed by atoms with Gasteiger partial charge in [-0.15, -0.1) is 0 Å². The summed E-state index contributed by atoms with van der Waals surface area (Å²) in [6.45, 7) is 3.68. The van der Waals surface area contributed by atoms with Crippen molar-refractivity contribution < 1.29 is 9.53 Å². The first-order valence-electron chi connectivity index (χ1n) is 9.94. The van der Waals surface area contributed by atoms with Gasteiger partial charge in [0.25, 0.3) is 0 Å². The number of nitrogens with zero attached hydrogens (tertiary/aromatic N) is 5. The summed E-state index contributed by atoms with van der Waals surface area (Å²) in [6, 6.07) is 13.4. The van der Waals surface area contributed by atoms with E-state index in [-0.39, 0.29) is 11.3 Å². The fourth-order valence-electron chi connectivity index (χ4n) is 3.48. The van der Waals surface area contributed by atoms with E-state index in [2.05, 4.69) is 27.5 Å². The molecule has 2 aromatic heterocycles. The zero-order chi connectivity index (χ0) is 20.9. The molecule has 1 amide bonds. The number of aromatic nitrogens is 3. The van der Waals surface area contributed by atoms with Crippen LogP contribution >= 0.6 is 12.6 Å². The van der Waals surface area contributed by atoms with E-state index in [1.54, 1.807) is 29.4 Å². The Kier molecular flexibility index (Phi) is 6.35. The van der Waals surface area contributed by atoms with Crippen LogP contribution in [0.4, 0.5) is 4.79 Å². The van der Waals surface area contributed by atoms with Gasteiger partial charge in [0.15, 0.2) is 0 Å². The number of hydrogen-bond acceptors (Lipinski definition) is 6. The molecular weight excluding hydrogens is 398 g/mol. The number of hydrogen-bond donors (Lipinski definition) is 1. The molecule has 0 saturated carbocycles. The summed E-state index contributed by atoms with van der Waals surface area (Å²) in [5.41, 5.74) is 2.04. The van der Waals surface area contributed by atoms with Crippen molar-refractivity contribution in [2.24, 2.45) is 7.05 Å². The predicted molar refractivity (Wildman–Crippen MR) is 118 cm³/mol. The topological polar surface area (TPSA) is 63.5 Å². The summed E-state index contributed by atoms with van der Waals surface area (Å²) in [6.07, 6.45) is 5.14. The molecule has 3 aromatic rings. The number of piperazine rings is 1. The molecule has 1 saturated heterocycles. The number of rotatable bonds is 5. The molecule has 0 N–H and O–H groups in total. The van der Waals surface area contributed by atoms with Gasteiger partial charge in [-0.1, -0.05) is 18.2 Å². The number of ether oxygens (including phenoxy) is 1. The number of carbonyl (C=O) groups is 1. The standard InChI is InChI=1S/C22H25N5O2S/c1-25-11-10-24-21(25)20(30)17-5-7-19(8-6-17)29-22(28)27-14-12-26(13-15-27)16-18-4-2-3-9-23-18/h2-11,20,30H,12-16H2,1H3. The lowest BCUT2D eigenvalue weighted by atomic mass is 10.1. The van der Waals surface area contributed by atoms with Crippen LogP contribution in [-0.2, 0) is 13.6 Å². The Morgan fingerprint density at radius 3 is 2.47 bits per heavy atom. The number of amides is 1. The van der Waals surface area contributed by atoms with Crippen LogP contribution in [0.2, 0.25) is 0 Å². The van der Waals surface area contributed by atoms with Gasteiger partial charge < -0.3 is 14.2 Å². The molecule has 1 aliphatic heterocycles. The highest BCUT2D eigenvalue weighted by molar-refractivity contribution is 7.80. The van der Waals surface area contributed by atoms with Crippen molar-refractivity contribution in [2.75, 3.05) is 26.2 Å². The van der Waals surface area contributed by atoms with E-state index in [1.807, 2.05) is 48.1 Å². The highest BCUT2D eigenvalue weighted by Crippen LogP contribution is 2.28. The van der Waals surface area contributed by atoms with Crippen molar-refractivity contribution in [1.82, 2.24) is 24.3 Å². The molecule has 8 heteroatoms. The normalized spacial score (nSPS) is 15.7. The van der Waals surface area contributed by atoms with Crippen molar-refractivity contribution in [3.8, 4) is 5.75 Å². The Morgan fingerprint density at radius 2 is 1.83 bits per heavy atom. The molecule has 1 unspecified atom stereocenters. The molecule has 1 aromatic carbocycles. The van der Waals surface area contributed by atoms with Gasteiger partial charge in [-0.05, 0) is 29.8 Å². The zero-order valence-electron chi connectivity index (χ0n) is 16.9. The van der Waals surface area contributed by atoms with Crippen molar-refractivity contribution in [1.29, 1.82) is 0 Å². The van der Waals surface area contributed by atoms with Crippen molar-refractivity contribution in [3.05, 3.63) is 78.1 Å². The predicted octanol–water partition coefficient (Wildman–Crippen LogP) is 3.15. The van der Waals surface area contributed by atoms with E-state index in [0.29, 0.717) is 18.8 Å². The molecule has 0 spiro atoms. The first-order chi connectivity index (χ1) is 14.6. The second-order valence-electron chi connectivity index (χ2n) is 7.32. The molecule has 4 rings (SSSR count). The average molecular weight is 424 g/mol. The summed E-state index contributed by atoms with van der Waals surface area (Å²) in [5, 5.41) is -0.137. The van der Waals surface area contributed by atoms with Crippen LogP contribution in [0.5, 0.6) is 5.75 Å². The first-order valence-corrected chi connectivity index (χ1v) is 10.5. The number of aryl methyl sites for hydroxylation is 1. The fraction of sp³-hybridized carbons (Fsp3) is 0.318. The van der Waals surface area contributed by atoms with Crippen LogP contribution in [0, 0.1) is 0 Å². The van der Waals surface area contributed by atoms with Crippen LogP contribution < -0.4 is 4.74 Å². The Morgan fingerprint density at radius 1 is 1.07 bits per heavy atom. The van der Waals surface area contributed by atoms with Crippen LogP contribution in [0.25, 0.3) is 0 Å². The van der Waals surface area contributed by atoms with Crippen LogP contribution in [0.1, 0.15) is 22.3 Å². The van der Waals surface area contributed by atoms with E-state index >= 15 is 0 Å². The monoisotopic (exact) mass is 423 g/mol. The van der Waals surface area contributed by atoms with Gasteiger partial charge in [0, 0.05) is 58.4 Å². The maximum atomic E-state index is 12.5. The lowest BCUT2D eigenvalue weighted by molar-refractivity contribution is 0.107. The number of carbonyl (C=O) groups excluding carboxylic acids is 1. The highest BCUT2D eigenvalue weighted by atomic mass is 32.1. The molecule has 0 bridgehead atoms. The van der Waals surface area contributed by atoms with Gasteiger partial charge in [-0.3, -0.25) is 9.88 Å². The van der Waals surface area contributed by atoms with E-state index in [0.717, 1.165) is 36.7 Å².